The first-order valence-electron chi connectivity index (χ1n) is 7.94. The molecule has 0 bridgehead atoms. The van der Waals surface area contributed by atoms with Crippen LogP contribution in [0.5, 0.6) is 0 Å². The first-order valence-corrected chi connectivity index (χ1v) is 8.35. The summed E-state index contributed by atoms with van der Waals surface area (Å²) in [5.74, 6) is 0.864. The molecule has 0 radical (unpaired) electrons. The van der Waals surface area contributed by atoms with E-state index in [0.29, 0.717) is 4.99 Å². The molecule has 1 heterocycles. The van der Waals surface area contributed by atoms with E-state index in [1.54, 1.807) is 0 Å². The molecular weight excluding hydrogens is 280 g/mol. The van der Waals surface area contributed by atoms with Gasteiger partial charge in [0.25, 0.3) is 0 Å². The van der Waals surface area contributed by atoms with Crippen LogP contribution < -0.4 is 11.1 Å². The maximum absolute atomic E-state index is 5.85. The van der Waals surface area contributed by atoms with E-state index < -0.39 is 0 Å². The van der Waals surface area contributed by atoms with Crippen molar-refractivity contribution in [3.05, 3.63) is 22.9 Å². The lowest BCUT2D eigenvalue weighted by molar-refractivity contribution is 0.303. The van der Waals surface area contributed by atoms with Gasteiger partial charge in [0.05, 0.1) is 5.56 Å². The Hall–Kier alpha value is -1.20. The number of nitrogens with one attached hydrogen (secondary N) is 1. The molecule has 0 saturated heterocycles. The second-order valence-corrected chi connectivity index (χ2v) is 5.96. The number of hydrogen-bond donors (Lipinski definition) is 2. The fourth-order valence-electron chi connectivity index (χ4n) is 2.84. The summed E-state index contributed by atoms with van der Waals surface area (Å²) in [6, 6.07) is 2.13. The molecule has 0 unspecified atom stereocenters. The molecule has 0 atom stereocenters. The Morgan fingerprint density at radius 1 is 1.38 bits per heavy atom. The molecule has 1 aromatic heterocycles. The molecule has 0 aliphatic heterocycles. The molecule has 0 spiro atoms. The van der Waals surface area contributed by atoms with E-state index in [-0.39, 0.29) is 0 Å². The van der Waals surface area contributed by atoms with Gasteiger partial charge in [0.15, 0.2) is 0 Å². The van der Waals surface area contributed by atoms with Gasteiger partial charge in [-0.1, -0.05) is 26.1 Å². The molecule has 0 amide bonds. The number of aryl methyl sites for hydroxylation is 2. The minimum absolute atomic E-state index is 0.434. The molecule has 1 aliphatic carbocycles. The number of thiocarbonyl (C=S) groups is 1. The van der Waals surface area contributed by atoms with E-state index in [1.807, 2.05) is 0 Å². The maximum Gasteiger partial charge on any atom is 0.136 e. The Kier molecular flexibility index (Phi) is 5.94. The highest BCUT2D eigenvalue weighted by molar-refractivity contribution is 7.80. The first kappa shape index (κ1) is 16.2. The van der Waals surface area contributed by atoms with Crippen molar-refractivity contribution in [2.24, 2.45) is 5.73 Å². The van der Waals surface area contributed by atoms with Gasteiger partial charge < -0.3 is 16.0 Å². The number of nitrogens with zero attached hydrogens (tertiary/aromatic N) is 2. The topological polar surface area (TPSA) is 54.2 Å². The molecule has 21 heavy (non-hydrogen) atoms. The van der Waals surface area contributed by atoms with Gasteiger partial charge >= 0.3 is 0 Å². The molecule has 0 fully saturated rings. The molecule has 4 nitrogen and oxygen atoms in total. The quantitative estimate of drug-likeness (QED) is 0.570. The zero-order valence-electron chi connectivity index (χ0n) is 13.1. The van der Waals surface area contributed by atoms with E-state index in [4.69, 9.17) is 22.9 Å². The fourth-order valence-corrected chi connectivity index (χ4v) is 3.00. The minimum atomic E-state index is 0.434. The van der Waals surface area contributed by atoms with Crippen LogP contribution in [0.1, 0.15) is 43.5 Å². The van der Waals surface area contributed by atoms with E-state index >= 15 is 0 Å². The average Bonchev–Trinajstić information content (AvgIpc) is 2.93. The minimum Gasteiger partial charge on any atom is -0.389 e. The van der Waals surface area contributed by atoms with Crippen LogP contribution >= 0.6 is 12.2 Å². The monoisotopic (exact) mass is 306 g/mol. The van der Waals surface area contributed by atoms with Crippen LogP contribution in [-0.4, -0.2) is 41.1 Å². The lowest BCUT2D eigenvalue weighted by Gasteiger charge is -2.18. The van der Waals surface area contributed by atoms with E-state index in [1.165, 1.54) is 17.7 Å². The van der Waals surface area contributed by atoms with E-state index in [2.05, 4.69) is 30.1 Å². The van der Waals surface area contributed by atoms with Crippen molar-refractivity contribution in [3.8, 4) is 0 Å². The van der Waals surface area contributed by atoms with Crippen LogP contribution in [0.2, 0.25) is 0 Å². The van der Waals surface area contributed by atoms with Crippen molar-refractivity contribution >= 4 is 23.0 Å². The summed E-state index contributed by atoms with van der Waals surface area (Å²) in [6.45, 7) is 8.61. The Morgan fingerprint density at radius 3 is 2.81 bits per heavy atom. The first-order chi connectivity index (χ1) is 10.2. The number of aromatic nitrogens is 1. The van der Waals surface area contributed by atoms with Gasteiger partial charge in [-0.2, -0.15) is 0 Å². The second kappa shape index (κ2) is 7.71. The van der Waals surface area contributed by atoms with E-state index in [9.17, 15) is 0 Å². The van der Waals surface area contributed by atoms with Gasteiger partial charge in [-0.05, 0) is 56.9 Å². The smallest absolute Gasteiger partial charge is 0.136 e. The predicted molar refractivity (Wildman–Crippen MR) is 93.0 cm³/mol. The van der Waals surface area contributed by atoms with Crippen LogP contribution in [0.15, 0.2) is 6.07 Å². The van der Waals surface area contributed by atoms with Crippen molar-refractivity contribution in [1.29, 1.82) is 0 Å². The number of nitrogens with two attached hydrogens (primary N) is 1. The lowest BCUT2D eigenvalue weighted by Crippen LogP contribution is -2.26. The summed E-state index contributed by atoms with van der Waals surface area (Å²) in [7, 11) is 0. The molecule has 1 aromatic rings. The summed E-state index contributed by atoms with van der Waals surface area (Å²) in [5.41, 5.74) is 9.27. The van der Waals surface area contributed by atoms with Crippen molar-refractivity contribution in [3.63, 3.8) is 0 Å². The van der Waals surface area contributed by atoms with Gasteiger partial charge in [0.1, 0.15) is 10.8 Å². The van der Waals surface area contributed by atoms with Crippen molar-refractivity contribution < 1.29 is 0 Å². The third-order valence-electron chi connectivity index (χ3n) is 4.15. The van der Waals surface area contributed by atoms with Crippen molar-refractivity contribution in [2.45, 2.75) is 39.5 Å². The predicted octanol–water partition coefficient (Wildman–Crippen LogP) is 2.35. The van der Waals surface area contributed by atoms with Crippen LogP contribution in [0.3, 0.4) is 0 Å². The molecule has 1 aliphatic rings. The molecule has 0 aromatic carbocycles. The largest absolute Gasteiger partial charge is 0.389 e. The van der Waals surface area contributed by atoms with Gasteiger partial charge in [0.2, 0.25) is 0 Å². The number of rotatable bonds is 8. The molecular formula is C16H26N4S. The van der Waals surface area contributed by atoms with E-state index in [0.717, 1.165) is 56.8 Å². The Balaban J connectivity index is 1.97. The number of hydrogen-bond acceptors (Lipinski definition) is 4. The second-order valence-electron chi connectivity index (χ2n) is 5.52. The standard InChI is InChI=1S/C16H26N4S/c1-3-20(4-2)10-6-9-18-16-13(15(17)21)11-12-7-5-8-14(12)19-16/h11H,3-10H2,1-2H3,(H2,17,21)(H,18,19). The normalized spacial score (nSPS) is 13.5. The van der Waals surface area contributed by atoms with Gasteiger partial charge in [-0.25, -0.2) is 4.98 Å². The molecule has 116 valence electrons. The number of pyridine rings is 1. The summed E-state index contributed by atoms with van der Waals surface area (Å²) in [5, 5.41) is 3.42. The number of anilines is 1. The summed E-state index contributed by atoms with van der Waals surface area (Å²) in [6.07, 6.45) is 4.45. The van der Waals surface area contributed by atoms with Gasteiger partial charge in [0, 0.05) is 12.2 Å². The highest BCUT2D eigenvalue weighted by Crippen LogP contribution is 2.25. The Bertz CT molecular complexity index is 497. The SMILES string of the molecule is CCN(CC)CCCNc1nc2c(cc1C(N)=S)CCC2. The van der Waals surface area contributed by atoms with Gasteiger partial charge in [-0.15, -0.1) is 0 Å². The highest BCUT2D eigenvalue weighted by atomic mass is 32.1. The fraction of sp³-hybridized carbons (Fsp3) is 0.625. The zero-order valence-corrected chi connectivity index (χ0v) is 13.9. The number of fused-ring (bicyclic) bond motifs is 1. The highest BCUT2D eigenvalue weighted by Gasteiger charge is 2.17. The Morgan fingerprint density at radius 2 is 2.14 bits per heavy atom. The van der Waals surface area contributed by atoms with Crippen LogP contribution in [0.4, 0.5) is 5.82 Å². The molecule has 2 rings (SSSR count). The lowest BCUT2D eigenvalue weighted by atomic mass is 10.1. The van der Waals surface area contributed by atoms with Gasteiger partial charge in [-0.3, -0.25) is 0 Å². The molecule has 5 heteroatoms. The average molecular weight is 306 g/mol. The summed E-state index contributed by atoms with van der Waals surface area (Å²) < 4.78 is 0. The van der Waals surface area contributed by atoms with Crippen molar-refractivity contribution in [2.75, 3.05) is 31.5 Å². The Labute approximate surface area is 133 Å². The maximum atomic E-state index is 5.85. The van der Waals surface area contributed by atoms with Crippen LogP contribution in [0.25, 0.3) is 0 Å². The molecule has 0 saturated carbocycles. The van der Waals surface area contributed by atoms with Crippen molar-refractivity contribution in [1.82, 2.24) is 9.88 Å². The third-order valence-corrected chi connectivity index (χ3v) is 4.37. The summed E-state index contributed by atoms with van der Waals surface area (Å²) in [4.78, 5) is 7.60. The summed E-state index contributed by atoms with van der Waals surface area (Å²) >= 11 is 5.17. The molecule has 3 N–H and O–H groups in total. The zero-order chi connectivity index (χ0) is 15.2. The van der Waals surface area contributed by atoms with Crippen LogP contribution in [-0.2, 0) is 12.8 Å². The van der Waals surface area contributed by atoms with Crippen LogP contribution in [0, 0.1) is 0 Å². The third kappa shape index (κ3) is 4.14.